The van der Waals surface area contributed by atoms with Gasteiger partial charge in [0, 0.05) is 17.7 Å². The maximum atomic E-state index is 12.8. The van der Waals surface area contributed by atoms with E-state index in [1.807, 2.05) is 0 Å². The smallest absolute Gasteiger partial charge is 0.319 e. The van der Waals surface area contributed by atoms with E-state index in [2.05, 4.69) is 5.32 Å². The van der Waals surface area contributed by atoms with Crippen LogP contribution in [0.5, 0.6) is 0 Å². The zero-order valence-corrected chi connectivity index (χ0v) is 14.3. The summed E-state index contributed by atoms with van der Waals surface area (Å²) in [6, 6.07) is 6.56. The number of fused-ring (bicyclic) bond motifs is 1. The van der Waals surface area contributed by atoms with E-state index in [1.165, 1.54) is 0 Å². The Labute approximate surface area is 144 Å². The van der Waals surface area contributed by atoms with E-state index in [9.17, 15) is 14.4 Å². The van der Waals surface area contributed by atoms with Crippen LogP contribution in [0.15, 0.2) is 34.9 Å². The van der Waals surface area contributed by atoms with E-state index < -0.39 is 11.2 Å². The molecular formula is C17H19NO5S. The Morgan fingerprint density at radius 3 is 2.46 bits per heavy atom. The molecule has 6 nitrogen and oxygen atoms in total. The number of benzene rings is 1. The summed E-state index contributed by atoms with van der Waals surface area (Å²) in [6.45, 7) is 3.52. The second kappa shape index (κ2) is 8.12. The Balaban J connectivity index is 2.40. The largest absolute Gasteiger partial charge is 0.465 e. The Hall–Kier alpha value is -2.12. The molecule has 7 heteroatoms. The zero-order valence-electron chi connectivity index (χ0n) is 13.5. The van der Waals surface area contributed by atoms with Crippen LogP contribution in [0.25, 0.3) is 0 Å². The minimum absolute atomic E-state index is 0.119. The number of nitrogens with one attached hydrogen (secondary N) is 1. The third kappa shape index (κ3) is 3.68. The molecule has 0 heterocycles. The summed E-state index contributed by atoms with van der Waals surface area (Å²) in [5, 5.41) is 11.2. The molecule has 0 saturated heterocycles. The van der Waals surface area contributed by atoms with Crippen molar-refractivity contribution in [3.63, 3.8) is 0 Å². The number of hydrogen-bond donors (Lipinski definition) is 2. The molecule has 2 rings (SSSR count). The van der Waals surface area contributed by atoms with Crippen LogP contribution in [0.3, 0.4) is 0 Å². The molecule has 0 aromatic heterocycles. The van der Waals surface area contributed by atoms with Gasteiger partial charge in [-0.1, -0.05) is 24.3 Å². The molecule has 0 fully saturated rings. The van der Waals surface area contributed by atoms with Gasteiger partial charge in [-0.2, -0.15) is 0 Å². The maximum Gasteiger partial charge on any atom is 0.319 e. The third-order valence-corrected chi connectivity index (χ3v) is 4.57. The molecular weight excluding hydrogens is 330 g/mol. The van der Waals surface area contributed by atoms with Crippen molar-refractivity contribution < 1.29 is 24.2 Å². The van der Waals surface area contributed by atoms with E-state index in [4.69, 9.17) is 9.84 Å². The second-order valence-electron chi connectivity index (χ2n) is 5.07. The number of thioether (sulfide) groups is 1. The number of carbonyl (C=O) groups is 3. The van der Waals surface area contributed by atoms with Crippen LogP contribution in [0.2, 0.25) is 0 Å². The summed E-state index contributed by atoms with van der Waals surface area (Å²) in [7, 11) is 0. The summed E-state index contributed by atoms with van der Waals surface area (Å²) in [5.74, 6) is -1.08. The average Bonchev–Trinajstić information content (AvgIpc) is 2.59. The summed E-state index contributed by atoms with van der Waals surface area (Å²) >= 11 is 0.993. The Kier molecular flexibility index (Phi) is 6.16. The Morgan fingerprint density at radius 2 is 1.88 bits per heavy atom. The molecule has 1 aliphatic carbocycles. The van der Waals surface area contributed by atoms with E-state index in [1.54, 1.807) is 38.1 Å². The molecule has 1 aliphatic rings. The van der Waals surface area contributed by atoms with Gasteiger partial charge < -0.3 is 15.2 Å². The molecule has 0 saturated carbocycles. The van der Waals surface area contributed by atoms with Crippen molar-refractivity contribution in [2.75, 3.05) is 19.8 Å². The van der Waals surface area contributed by atoms with Crippen molar-refractivity contribution in [2.45, 2.75) is 19.1 Å². The Bertz CT molecular complexity index is 698. The summed E-state index contributed by atoms with van der Waals surface area (Å²) in [5.41, 5.74) is 0.751. The summed E-state index contributed by atoms with van der Waals surface area (Å²) in [6.07, 6.45) is 0. The number of hydrogen-bond acceptors (Lipinski definition) is 7. The highest BCUT2D eigenvalue weighted by Gasteiger charge is 2.34. The Morgan fingerprint density at radius 1 is 1.25 bits per heavy atom. The van der Waals surface area contributed by atoms with Gasteiger partial charge in [-0.25, -0.2) is 0 Å². The van der Waals surface area contributed by atoms with Crippen molar-refractivity contribution in [3.05, 3.63) is 46.0 Å². The van der Waals surface area contributed by atoms with Gasteiger partial charge in [-0.15, -0.1) is 11.8 Å². The highest BCUT2D eigenvalue weighted by molar-refractivity contribution is 8.05. The molecule has 0 amide bonds. The fourth-order valence-electron chi connectivity index (χ4n) is 2.29. The summed E-state index contributed by atoms with van der Waals surface area (Å²) < 4.78 is 4.95. The standard InChI is InChI=1S/C17H19NO5S/c1-3-23-17(22)10(2)24-16-13(18-8-9-19)14(20)11-6-4-5-7-12(11)15(16)21/h4-7,10,18-19H,3,8-9H2,1-2H3. The normalized spacial score (nSPS) is 15.1. The molecule has 24 heavy (non-hydrogen) atoms. The number of aliphatic hydroxyl groups excluding tert-OH is 1. The van der Waals surface area contributed by atoms with Gasteiger partial charge in [0.1, 0.15) is 10.9 Å². The number of ether oxygens (including phenoxy) is 1. The van der Waals surface area contributed by atoms with Crippen LogP contribution in [-0.2, 0) is 9.53 Å². The first-order chi connectivity index (χ1) is 11.5. The van der Waals surface area contributed by atoms with Gasteiger partial charge in [-0.3, -0.25) is 14.4 Å². The molecule has 1 unspecified atom stereocenters. The van der Waals surface area contributed by atoms with Crippen LogP contribution in [0.1, 0.15) is 34.6 Å². The van der Waals surface area contributed by atoms with E-state index in [0.717, 1.165) is 11.8 Å². The molecule has 1 aromatic carbocycles. The number of ketones is 2. The lowest BCUT2D eigenvalue weighted by Gasteiger charge is -2.22. The third-order valence-electron chi connectivity index (χ3n) is 3.40. The predicted molar refractivity (Wildman–Crippen MR) is 90.9 cm³/mol. The van der Waals surface area contributed by atoms with E-state index in [-0.39, 0.29) is 41.9 Å². The first-order valence-corrected chi connectivity index (χ1v) is 8.49. The van der Waals surface area contributed by atoms with Crippen LogP contribution < -0.4 is 5.32 Å². The van der Waals surface area contributed by atoms with Gasteiger partial charge in [0.05, 0.1) is 18.1 Å². The lowest BCUT2D eigenvalue weighted by atomic mass is 9.92. The molecule has 128 valence electrons. The maximum absolute atomic E-state index is 12.8. The van der Waals surface area contributed by atoms with Gasteiger partial charge >= 0.3 is 5.97 Å². The quantitative estimate of drug-likeness (QED) is 0.721. The number of esters is 1. The van der Waals surface area contributed by atoms with Crippen molar-refractivity contribution in [1.82, 2.24) is 5.32 Å². The lowest BCUT2D eigenvalue weighted by Crippen LogP contribution is -2.32. The second-order valence-corrected chi connectivity index (χ2v) is 6.42. The molecule has 1 aromatic rings. The predicted octanol–water partition coefficient (Wildman–Crippen LogP) is 1.54. The molecule has 2 N–H and O–H groups in total. The van der Waals surface area contributed by atoms with Crippen molar-refractivity contribution in [1.29, 1.82) is 0 Å². The monoisotopic (exact) mass is 349 g/mol. The van der Waals surface area contributed by atoms with E-state index >= 15 is 0 Å². The topological polar surface area (TPSA) is 92.7 Å². The first-order valence-electron chi connectivity index (χ1n) is 7.62. The summed E-state index contributed by atoms with van der Waals surface area (Å²) in [4.78, 5) is 37.5. The molecule has 0 aliphatic heterocycles. The SMILES string of the molecule is CCOC(=O)C(C)SC1=C(NCCO)C(=O)c2ccccc2C1=O. The van der Waals surface area contributed by atoms with Crippen molar-refractivity contribution in [2.24, 2.45) is 0 Å². The van der Waals surface area contributed by atoms with Crippen LogP contribution >= 0.6 is 11.8 Å². The number of allylic oxidation sites excluding steroid dienone is 2. The van der Waals surface area contributed by atoms with Crippen LogP contribution in [0, 0.1) is 0 Å². The molecule has 0 spiro atoms. The number of aliphatic hydroxyl groups is 1. The molecule has 0 radical (unpaired) electrons. The zero-order chi connectivity index (χ0) is 17.7. The lowest BCUT2D eigenvalue weighted by molar-refractivity contribution is -0.142. The minimum Gasteiger partial charge on any atom is -0.465 e. The van der Waals surface area contributed by atoms with Crippen molar-refractivity contribution in [3.8, 4) is 0 Å². The average molecular weight is 349 g/mol. The highest BCUT2D eigenvalue weighted by atomic mass is 32.2. The highest BCUT2D eigenvalue weighted by Crippen LogP contribution is 2.34. The van der Waals surface area contributed by atoms with Gasteiger partial charge in [0.15, 0.2) is 0 Å². The van der Waals surface area contributed by atoms with Gasteiger partial charge in [0.25, 0.3) is 0 Å². The first kappa shape index (κ1) is 18.2. The number of rotatable bonds is 7. The molecule has 1 atom stereocenters. The minimum atomic E-state index is -0.632. The fourth-order valence-corrected chi connectivity index (χ4v) is 3.31. The fraction of sp³-hybridized carbons (Fsp3) is 0.353. The van der Waals surface area contributed by atoms with Gasteiger partial charge in [0.2, 0.25) is 11.6 Å². The molecule has 0 bridgehead atoms. The van der Waals surface area contributed by atoms with Gasteiger partial charge in [-0.05, 0) is 13.8 Å². The van der Waals surface area contributed by atoms with Crippen LogP contribution in [0.4, 0.5) is 0 Å². The number of carbonyl (C=O) groups excluding carboxylic acids is 3. The van der Waals surface area contributed by atoms with Crippen molar-refractivity contribution >= 4 is 29.3 Å². The van der Waals surface area contributed by atoms with Crippen LogP contribution in [-0.4, -0.2) is 47.7 Å². The van der Waals surface area contributed by atoms with E-state index in [0.29, 0.717) is 11.1 Å². The number of Topliss-reactive ketones (excluding diaryl/α,β-unsaturated/α-hetero) is 2.